The molecule has 1 unspecified atom stereocenters. The molecule has 0 aromatic heterocycles. The number of phenolic OH excluding ortho intramolecular Hbond substituents is 1. The van der Waals surface area contributed by atoms with Crippen LogP contribution in [0.4, 0.5) is 0 Å². The molecule has 3 N–H and O–H groups in total. The smallest absolute Gasteiger partial charge is 0.165 e. The van der Waals surface area contributed by atoms with E-state index in [1.165, 1.54) is 30.5 Å². The molecule has 1 aromatic rings. The number of ether oxygens (including phenoxy) is 1. The predicted octanol–water partition coefficient (Wildman–Crippen LogP) is 2.73. The molecule has 2 spiro atoms. The number of phenols is 1. The number of fused-ring (bicyclic) bond motifs is 2. The first-order valence-corrected chi connectivity index (χ1v) is 11.9. The Bertz CT molecular complexity index is 951. The molecule has 5 nitrogen and oxygen atoms in total. The van der Waals surface area contributed by atoms with Crippen molar-refractivity contribution in [3.05, 3.63) is 23.3 Å². The van der Waals surface area contributed by atoms with Gasteiger partial charge in [-0.05, 0) is 82.9 Å². The number of hydrogen-bond donors (Lipinski definition) is 3. The lowest BCUT2D eigenvalue weighted by Gasteiger charge is -2.74. The van der Waals surface area contributed by atoms with Gasteiger partial charge in [0.1, 0.15) is 11.7 Å². The van der Waals surface area contributed by atoms with Crippen molar-refractivity contribution in [1.82, 2.24) is 4.90 Å². The Morgan fingerprint density at radius 3 is 2.73 bits per heavy atom. The van der Waals surface area contributed by atoms with Crippen LogP contribution in [-0.2, 0) is 11.8 Å². The lowest BCUT2D eigenvalue weighted by atomic mass is 9.34. The van der Waals surface area contributed by atoms with Gasteiger partial charge in [-0.15, -0.1) is 0 Å². The summed E-state index contributed by atoms with van der Waals surface area (Å²) in [5, 5.41) is 34.0. The first-order chi connectivity index (χ1) is 14.2. The van der Waals surface area contributed by atoms with Crippen molar-refractivity contribution < 1.29 is 20.1 Å². The largest absolute Gasteiger partial charge is 0.504 e. The lowest BCUT2D eigenvalue weighted by molar-refractivity contribution is -0.292. The molecule has 4 bridgehead atoms. The van der Waals surface area contributed by atoms with Gasteiger partial charge in [-0.3, -0.25) is 4.90 Å². The van der Waals surface area contributed by atoms with Crippen LogP contribution in [0.2, 0.25) is 0 Å². The van der Waals surface area contributed by atoms with Gasteiger partial charge in [0.2, 0.25) is 0 Å². The number of benzene rings is 1. The molecule has 30 heavy (non-hydrogen) atoms. The zero-order valence-corrected chi connectivity index (χ0v) is 18.0. The molecule has 2 aliphatic heterocycles. The van der Waals surface area contributed by atoms with Crippen LogP contribution in [0, 0.1) is 17.3 Å². The predicted molar refractivity (Wildman–Crippen MR) is 112 cm³/mol. The molecule has 1 aromatic carbocycles. The van der Waals surface area contributed by atoms with Gasteiger partial charge < -0.3 is 20.1 Å². The highest BCUT2D eigenvalue weighted by atomic mass is 16.5. The summed E-state index contributed by atoms with van der Waals surface area (Å²) in [6.45, 7) is 5.93. The molecular formula is C25H33NO4. The van der Waals surface area contributed by atoms with Crippen LogP contribution in [0.25, 0.3) is 0 Å². The van der Waals surface area contributed by atoms with Crippen molar-refractivity contribution in [1.29, 1.82) is 0 Å². The second-order valence-electron chi connectivity index (χ2n) is 11.9. The Kier molecular flexibility index (Phi) is 3.16. The highest BCUT2D eigenvalue weighted by molar-refractivity contribution is 5.63. The molecule has 8 rings (SSSR count). The SMILES string of the molecule is CC(C)(O)C1C[C@@]23CC[C@]1(O)[C@@H]1Oc4c(O)ccc5c4[C@@]12CCN(CC1CC1)[C@@H]3C5. The summed E-state index contributed by atoms with van der Waals surface area (Å²) in [5.41, 5.74) is 0.211. The number of nitrogens with zero attached hydrogens (tertiary/aromatic N) is 1. The van der Waals surface area contributed by atoms with Crippen LogP contribution in [0.1, 0.15) is 63.5 Å². The fourth-order valence-corrected chi connectivity index (χ4v) is 8.91. The summed E-state index contributed by atoms with van der Waals surface area (Å²) in [4.78, 5) is 2.75. The maximum absolute atomic E-state index is 12.1. The summed E-state index contributed by atoms with van der Waals surface area (Å²) in [6.07, 6.45) is 6.80. The van der Waals surface area contributed by atoms with Gasteiger partial charge in [0.25, 0.3) is 0 Å². The minimum Gasteiger partial charge on any atom is -0.504 e. The van der Waals surface area contributed by atoms with Crippen LogP contribution < -0.4 is 4.74 Å². The highest BCUT2D eigenvalue weighted by Crippen LogP contribution is 2.76. The maximum Gasteiger partial charge on any atom is 0.165 e. The van der Waals surface area contributed by atoms with Crippen molar-refractivity contribution in [2.75, 3.05) is 13.1 Å². The van der Waals surface area contributed by atoms with E-state index in [2.05, 4.69) is 11.0 Å². The summed E-state index contributed by atoms with van der Waals surface area (Å²) >= 11 is 0. The monoisotopic (exact) mass is 411 g/mol. The van der Waals surface area contributed by atoms with Crippen LogP contribution in [-0.4, -0.2) is 56.7 Å². The number of hydrogen-bond acceptors (Lipinski definition) is 5. The molecule has 1 saturated heterocycles. The molecule has 5 fully saturated rings. The van der Waals surface area contributed by atoms with Crippen molar-refractivity contribution in [3.63, 3.8) is 0 Å². The molecule has 6 atom stereocenters. The van der Waals surface area contributed by atoms with Crippen LogP contribution in [0.15, 0.2) is 12.1 Å². The summed E-state index contributed by atoms with van der Waals surface area (Å²) in [6, 6.07) is 4.30. The molecule has 5 heteroatoms. The van der Waals surface area contributed by atoms with Crippen LogP contribution in [0.3, 0.4) is 0 Å². The van der Waals surface area contributed by atoms with Crippen LogP contribution >= 0.6 is 0 Å². The quantitative estimate of drug-likeness (QED) is 0.713. The van der Waals surface area contributed by atoms with Crippen LogP contribution in [0.5, 0.6) is 11.5 Å². The number of aromatic hydroxyl groups is 1. The maximum atomic E-state index is 12.1. The summed E-state index contributed by atoms with van der Waals surface area (Å²) in [7, 11) is 0. The van der Waals surface area contributed by atoms with Gasteiger partial charge >= 0.3 is 0 Å². The van der Waals surface area contributed by atoms with E-state index in [9.17, 15) is 15.3 Å². The topological polar surface area (TPSA) is 73.2 Å². The van der Waals surface area contributed by atoms with E-state index in [-0.39, 0.29) is 28.6 Å². The summed E-state index contributed by atoms with van der Waals surface area (Å²) < 4.78 is 6.57. The average Bonchev–Trinajstić information content (AvgIpc) is 3.42. The Labute approximate surface area is 178 Å². The molecular weight excluding hydrogens is 378 g/mol. The molecule has 5 aliphatic carbocycles. The number of piperidine rings is 1. The molecule has 0 radical (unpaired) electrons. The molecule has 4 saturated carbocycles. The zero-order chi connectivity index (χ0) is 20.7. The molecule has 2 heterocycles. The normalized spacial score (nSPS) is 45.9. The van der Waals surface area contributed by atoms with E-state index in [0.717, 1.165) is 38.1 Å². The molecule has 0 amide bonds. The van der Waals surface area contributed by atoms with Gasteiger partial charge in [0, 0.05) is 34.9 Å². The second kappa shape index (κ2) is 5.19. The van der Waals surface area contributed by atoms with Crippen molar-refractivity contribution in [2.24, 2.45) is 17.3 Å². The van der Waals surface area contributed by atoms with Gasteiger partial charge in [0.05, 0.1) is 5.60 Å². The van der Waals surface area contributed by atoms with Crippen molar-refractivity contribution in [2.45, 2.75) is 87.6 Å². The second-order valence-corrected chi connectivity index (χ2v) is 11.9. The van der Waals surface area contributed by atoms with E-state index in [4.69, 9.17) is 4.74 Å². The van der Waals surface area contributed by atoms with E-state index in [1.54, 1.807) is 6.07 Å². The van der Waals surface area contributed by atoms with Gasteiger partial charge in [-0.1, -0.05) is 6.07 Å². The van der Waals surface area contributed by atoms with E-state index >= 15 is 0 Å². The van der Waals surface area contributed by atoms with Crippen molar-refractivity contribution >= 4 is 0 Å². The fraction of sp³-hybridized carbons (Fsp3) is 0.760. The van der Waals surface area contributed by atoms with Gasteiger partial charge in [-0.2, -0.15) is 0 Å². The van der Waals surface area contributed by atoms with Crippen molar-refractivity contribution in [3.8, 4) is 11.5 Å². The first kappa shape index (κ1) is 18.3. The molecule has 162 valence electrons. The number of likely N-dealkylation sites (tertiary alicyclic amines) is 1. The third kappa shape index (κ3) is 1.85. The third-order valence-electron chi connectivity index (χ3n) is 10.2. The summed E-state index contributed by atoms with van der Waals surface area (Å²) in [5.74, 6) is 1.44. The van der Waals surface area contributed by atoms with E-state index in [1.807, 2.05) is 13.8 Å². The Morgan fingerprint density at radius 2 is 2.00 bits per heavy atom. The fourth-order valence-electron chi connectivity index (χ4n) is 8.91. The lowest BCUT2D eigenvalue weighted by Crippen LogP contribution is -2.82. The Hall–Kier alpha value is -1.30. The minimum atomic E-state index is -1.07. The average molecular weight is 412 g/mol. The van der Waals surface area contributed by atoms with Gasteiger partial charge in [-0.25, -0.2) is 0 Å². The number of rotatable bonds is 3. The van der Waals surface area contributed by atoms with E-state index < -0.39 is 11.2 Å². The zero-order valence-electron chi connectivity index (χ0n) is 18.0. The standard InChI is InChI=1S/C25H33NO4/c1-22(2,28)17-12-23-7-8-25(17,29)21-24(23)9-10-26(13-14-3-4-14)18(23)11-15-5-6-16(27)20(30-21)19(15)24/h5-6,14,17-18,21,27-29H,3-4,7-13H2,1-2H3/t17?,18-,21-,23-,24+,25-/m1/s1. The Balaban J connectivity index is 1.48. The first-order valence-electron chi connectivity index (χ1n) is 11.9. The van der Waals surface area contributed by atoms with E-state index in [0.29, 0.717) is 18.2 Å². The molecule has 7 aliphatic rings. The number of aliphatic hydroxyl groups is 2. The highest BCUT2D eigenvalue weighted by Gasteiger charge is 2.81. The van der Waals surface area contributed by atoms with Gasteiger partial charge in [0.15, 0.2) is 11.5 Å². The Morgan fingerprint density at radius 1 is 1.20 bits per heavy atom. The third-order valence-corrected chi connectivity index (χ3v) is 10.2. The minimum absolute atomic E-state index is 0.00794.